The fraction of sp³-hybridized carbons (Fsp3) is 0.462. The molecule has 0 aliphatic heterocycles. The highest BCUT2D eigenvalue weighted by Crippen LogP contribution is 2.28. The lowest BCUT2D eigenvalue weighted by Gasteiger charge is -2.09. The molecule has 0 saturated carbocycles. The smallest absolute Gasteiger partial charge is 0.160 e. The van der Waals surface area contributed by atoms with Gasteiger partial charge in [-0.25, -0.2) is 0 Å². The Morgan fingerprint density at radius 3 is 2.47 bits per heavy atom. The zero-order valence-corrected chi connectivity index (χ0v) is 11.2. The van der Waals surface area contributed by atoms with E-state index < -0.39 is 0 Å². The van der Waals surface area contributed by atoms with E-state index in [1.54, 1.807) is 14.2 Å². The highest BCUT2D eigenvalue weighted by Gasteiger charge is 2.04. The minimum atomic E-state index is 0.595. The van der Waals surface area contributed by atoms with Gasteiger partial charge in [0.2, 0.25) is 0 Å². The fourth-order valence-corrected chi connectivity index (χ4v) is 1.81. The molecule has 1 aromatic rings. The van der Waals surface area contributed by atoms with Crippen LogP contribution in [-0.4, -0.2) is 19.2 Å². The quantitative estimate of drug-likeness (QED) is 0.599. The van der Waals surface area contributed by atoms with Gasteiger partial charge in [0, 0.05) is 0 Å². The number of hydrogen-bond donors (Lipinski definition) is 1. The number of rotatable bonds is 7. The molecule has 0 aliphatic rings. The van der Waals surface area contributed by atoms with Gasteiger partial charge in [-0.15, -0.1) is 0 Å². The van der Waals surface area contributed by atoms with E-state index in [0.717, 1.165) is 37.2 Å². The van der Waals surface area contributed by atoms with Crippen LogP contribution in [0.15, 0.2) is 18.2 Å². The minimum absolute atomic E-state index is 0.595. The van der Waals surface area contributed by atoms with Gasteiger partial charge in [-0.05, 0) is 43.4 Å². The third-order valence-corrected chi connectivity index (χ3v) is 2.79. The van der Waals surface area contributed by atoms with Crippen molar-refractivity contribution in [3.05, 3.63) is 23.8 Å². The molecule has 3 nitrogen and oxygen atoms in total. The molecule has 0 atom stereocenters. The predicted molar refractivity (Wildman–Crippen MR) is 73.9 cm³/mol. The lowest BCUT2D eigenvalue weighted by molar-refractivity contribution is 0.354. The van der Waals surface area contributed by atoms with Crippen molar-refractivity contribution >= 4 is 17.2 Å². The Labute approximate surface area is 108 Å². The van der Waals surface area contributed by atoms with E-state index in [2.05, 4.69) is 6.07 Å². The van der Waals surface area contributed by atoms with Crippen LogP contribution >= 0.6 is 12.2 Å². The third-order valence-electron chi connectivity index (χ3n) is 2.59. The molecule has 0 heterocycles. The number of aryl methyl sites for hydroxylation is 1. The average Bonchev–Trinajstić information content (AvgIpc) is 2.34. The lowest BCUT2D eigenvalue weighted by Crippen LogP contribution is -2.06. The van der Waals surface area contributed by atoms with Crippen LogP contribution in [0.1, 0.15) is 24.8 Å². The fourth-order valence-electron chi connectivity index (χ4n) is 1.66. The van der Waals surface area contributed by atoms with Gasteiger partial charge < -0.3 is 15.2 Å². The summed E-state index contributed by atoms with van der Waals surface area (Å²) in [5.74, 6) is 1.54. The molecular weight excluding hydrogens is 234 g/mol. The first-order chi connectivity index (χ1) is 8.17. The molecule has 1 aromatic carbocycles. The molecule has 0 spiro atoms. The summed E-state index contributed by atoms with van der Waals surface area (Å²) in [6.45, 7) is 0. The first-order valence-electron chi connectivity index (χ1n) is 5.66. The monoisotopic (exact) mass is 253 g/mol. The van der Waals surface area contributed by atoms with Crippen molar-refractivity contribution in [3.63, 3.8) is 0 Å². The zero-order chi connectivity index (χ0) is 12.7. The summed E-state index contributed by atoms with van der Waals surface area (Å²) in [6.07, 6.45) is 3.93. The van der Waals surface area contributed by atoms with Crippen molar-refractivity contribution in [2.24, 2.45) is 5.73 Å². The molecule has 0 saturated heterocycles. The van der Waals surface area contributed by atoms with Crippen LogP contribution in [0.4, 0.5) is 0 Å². The van der Waals surface area contributed by atoms with Crippen LogP contribution in [0.2, 0.25) is 0 Å². The number of benzene rings is 1. The van der Waals surface area contributed by atoms with Crippen LogP contribution in [0.3, 0.4) is 0 Å². The van der Waals surface area contributed by atoms with E-state index in [9.17, 15) is 0 Å². The van der Waals surface area contributed by atoms with E-state index in [-0.39, 0.29) is 0 Å². The van der Waals surface area contributed by atoms with Gasteiger partial charge >= 0.3 is 0 Å². The van der Waals surface area contributed by atoms with Crippen LogP contribution < -0.4 is 15.2 Å². The zero-order valence-electron chi connectivity index (χ0n) is 10.4. The van der Waals surface area contributed by atoms with Gasteiger partial charge in [-0.3, -0.25) is 0 Å². The second-order valence-corrected chi connectivity index (χ2v) is 4.39. The van der Waals surface area contributed by atoms with Gasteiger partial charge in [0.1, 0.15) is 0 Å². The maximum absolute atomic E-state index is 5.45. The summed E-state index contributed by atoms with van der Waals surface area (Å²) in [5, 5.41) is 0. The summed E-state index contributed by atoms with van der Waals surface area (Å²) in [7, 11) is 3.29. The maximum Gasteiger partial charge on any atom is 0.160 e. The van der Waals surface area contributed by atoms with Crippen molar-refractivity contribution in [2.75, 3.05) is 14.2 Å². The second-order valence-electron chi connectivity index (χ2n) is 3.86. The summed E-state index contributed by atoms with van der Waals surface area (Å²) in [6, 6.07) is 6.00. The van der Waals surface area contributed by atoms with Crippen molar-refractivity contribution in [1.82, 2.24) is 0 Å². The largest absolute Gasteiger partial charge is 0.493 e. The topological polar surface area (TPSA) is 44.5 Å². The number of ether oxygens (including phenoxy) is 2. The molecule has 0 aromatic heterocycles. The molecular formula is C13H19NO2S. The number of methoxy groups -OCH3 is 2. The SMILES string of the molecule is COc1ccc(CCCCC(N)=S)cc1OC. The highest BCUT2D eigenvalue weighted by atomic mass is 32.1. The molecule has 1 rings (SSSR count). The molecule has 0 fully saturated rings. The van der Waals surface area contributed by atoms with Crippen LogP contribution in [0.5, 0.6) is 11.5 Å². The second kappa shape index (κ2) is 7.12. The standard InChI is InChI=1S/C13H19NO2S/c1-15-11-8-7-10(9-12(11)16-2)5-3-4-6-13(14)17/h7-9H,3-6H2,1-2H3,(H2,14,17). The average molecular weight is 253 g/mol. The number of thiocarbonyl (C=S) groups is 1. The Hall–Kier alpha value is -1.29. The first-order valence-corrected chi connectivity index (χ1v) is 6.07. The Balaban J connectivity index is 2.51. The summed E-state index contributed by atoms with van der Waals surface area (Å²) in [5.41, 5.74) is 6.69. The highest BCUT2D eigenvalue weighted by molar-refractivity contribution is 7.80. The Morgan fingerprint density at radius 1 is 1.18 bits per heavy atom. The van der Waals surface area contributed by atoms with Gasteiger partial charge in [-0.2, -0.15) is 0 Å². The lowest BCUT2D eigenvalue weighted by atomic mass is 10.1. The number of nitrogens with two attached hydrogens (primary N) is 1. The van der Waals surface area contributed by atoms with Crippen LogP contribution in [0.25, 0.3) is 0 Å². The van der Waals surface area contributed by atoms with Crippen molar-refractivity contribution in [1.29, 1.82) is 0 Å². The molecule has 0 bridgehead atoms. The molecule has 2 N–H and O–H groups in total. The predicted octanol–water partition coefficient (Wildman–Crippen LogP) is 2.70. The molecule has 17 heavy (non-hydrogen) atoms. The normalized spacial score (nSPS) is 10.0. The van der Waals surface area contributed by atoms with E-state index in [0.29, 0.717) is 4.99 Å². The van der Waals surface area contributed by atoms with Crippen molar-refractivity contribution < 1.29 is 9.47 Å². The maximum atomic E-state index is 5.45. The first kappa shape index (κ1) is 13.8. The van der Waals surface area contributed by atoms with Gasteiger partial charge in [0.05, 0.1) is 19.2 Å². The van der Waals surface area contributed by atoms with Gasteiger partial charge in [0.25, 0.3) is 0 Å². The molecule has 0 unspecified atom stereocenters. The molecule has 4 heteroatoms. The Bertz CT molecular complexity index is 380. The van der Waals surface area contributed by atoms with Crippen molar-refractivity contribution in [3.8, 4) is 11.5 Å². The number of unbranched alkanes of at least 4 members (excludes halogenated alkanes) is 1. The van der Waals surface area contributed by atoms with E-state index >= 15 is 0 Å². The van der Waals surface area contributed by atoms with Crippen LogP contribution in [-0.2, 0) is 6.42 Å². The molecule has 0 radical (unpaired) electrons. The van der Waals surface area contributed by atoms with E-state index in [1.165, 1.54) is 5.56 Å². The third kappa shape index (κ3) is 4.61. The molecule has 0 aliphatic carbocycles. The summed E-state index contributed by atoms with van der Waals surface area (Å²) >= 11 is 4.84. The van der Waals surface area contributed by atoms with E-state index in [1.807, 2.05) is 12.1 Å². The molecule has 0 amide bonds. The Morgan fingerprint density at radius 2 is 1.88 bits per heavy atom. The molecule has 94 valence electrons. The summed E-state index contributed by atoms with van der Waals surface area (Å²) < 4.78 is 10.4. The van der Waals surface area contributed by atoms with Gasteiger partial charge in [-0.1, -0.05) is 18.3 Å². The van der Waals surface area contributed by atoms with Gasteiger partial charge in [0.15, 0.2) is 11.5 Å². The Kier molecular flexibility index (Phi) is 5.77. The van der Waals surface area contributed by atoms with Crippen molar-refractivity contribution in [2.45, 2.75) is 25.7 Å². The van der Waals surface area contributed by atoms with Crippen LogP contribution in [0, 0.1) is 0 Å². The number of hydrogen-bond acceptors (Lipinski definition) is 3. The summed E-state index contributed by atoms with van der Waals surface area (Å²) in [4.78, 5) is 0.595. The minimum Gasteiger partial charge on any atom is -0.493 e. The van der Waals surface area contributed by atoms with E-state index in [4.69, 9.17) is 27.4 Å².